The summed E-state index contributed by atoms with van der Waals surface area (Å²) in [5.74, 6) is 0.688. The quantitative estimate of drug-likeness (QED) is 0.131. The van der Waals surface area contributed by atoms with Gasteiger partial charge >= 0.3 is 0 Å². The van der Waals surface area contributed by atoms with Crippen molar-refractivity contribution >= 4 is 161 Å². The lowest BCUT2D eigenvalue weighted by Crippen LogP contribution is -2.04. The van der Waals surface area contributed by atoms with Crippen LogP contribution in [0.15, 0.2) is 279 Å². The van der Waals surface area contributed by atoms with Crippen molar-refractivity contribution in [3.63, 3.8) is 0 Å². The number of fused-ring (bicyclic) bond motifs is 26. The predicted molar refractivity (Wildman–Crippen MR) is 387 cm³/mol. The van der Waals surface area contributed by atoms with Crippen LogP contribution in [0.5, 0.6) is 0 Å². The molecule has 5 heterocycles. The second kappa shape index (κ2) is 21.6. The smallest absolute Gasteiger partial charge is 0.235 e. The Morgan fingerprint density at radius 1 is 0.344 bits per heavy atom. The zero-order chi connectivity index (χ0) is 58.7. The van der Waals surface area contributed by atoms with Crippen molar-refractivity contribution in [1.82, 2.24) is 24.5 Å². The van der Waals surface area contributed by atoms with Crippen LogP contribution < -0.4 is 0 Å². The highest BCUT2D eigenvalue weighted by molar-refractivity contribution is 7.27. The average Bonchev–Trinajstić information content (AvgIpc) is 1.56. The molecular formula is C82H52ClN5S2. The number of nitrogens with zero attached hydrogens (tertiary/aromatic N) is 5. The minimum atomic E-state index is 0. The van der Waals surface area contributed by atoms with E-state index in [4.69, 9.17) is 21.6 Å². The van der Waals surface area contributed by atoms with Crippen molar-refractivity contribution in [1.29, 1.82) is 0 Å². The topological polar surface area (TPSA) is 56.5 Å². The Morgan fingerprint density at radius 2 is 0.800 bits per heavy atom. The largest absolute Gasteiger partial charge is 0.276 e. The zero-order valence-electron chi connectivity index (χ0n) is 47.7. The number of aromatic nitrogens is 5. The first kappa shape index (κ1) is 53.6. The zero-order valence-corrected chi connectivity index (χ0v) is 50.1. The molecule has 0 spiro atoms. The van der Waals surface area contributed by atoms with E-state index in [1.54, 1.807) is 0 Å². The van der Waals surface area contributed by atoms with Gasteiger partial charge in [-0.25, -0.2) is 19.9 Å². The lowest BCUT2D eigenvalue weighted by atomic mass is 9.94. The van der Waals surface area contributed by atoms with E-state index >= 15 is 0 Å². The van der Waals surface area contributed by atoms with Gasteiger partial charge in [-0.15, -0.1) is 22.7 Å². The monoisotopic (exact) mass is 1210 g/mol. The lowest BCUT2D eigenvalue weighted by molar-refractivity contribution is 1.02. The molecular weight excluding hydrogens is 1150 g/mol. The van der Waals surface area contributed by atoms with Gasteiger partial charge in [0.25, 0.3) is 0 Å². The van der Waals surface area contributed by atoms with E-state index in [-0.39, 0.29) is 12.7 Å². The van der Waals surface area contributed by atoms with E-state index in [1.807, 2.05) is 65.1 Å². The van der Waals surface area contributed by atoms with Crippen LogP contribution in [0, 0.1) is 0 Å². The van der Waals surface area contributed by atoms with Gasteiger partial charge in [-0.05, 0) is 96.5 Å². The first-order valence-electron chi connectivity index (χ1n) is 29.9. The molecule has 0 saturated carbocycles. The number of rotatable bonds is 3. The molecule has 0 amide bonds. The van der Waals surface area contributed by atoms with Crippen LogP contribution >= 0.6 is 34.3 Å². The third-order valence-electron chi connectivity index (χ3n) is 17.9. The van der Waals surface area contributed by atoms with Crippen molar-refractivity contribution in [3.05, 3.63) is 295 Å². The molecule has 5 nitrogen and oxygen atoms in total. The predicted octanol–water partition coefficient (Wildman–Crippen LogP) is 23.6. The van der Waals surface area contributed by atoms with Gasteiger partial charge in [-0.1, -0.05) is 256 Å². The Morgan fingerprint density at radius 3 is 1.43 bits per heavy atom. The van der Waals surface area contributed by atoms with E-state index in [2.05, 4.69) is 251 Å². The van der Waals surface area contributed by atoms with E-state index in [9.17, 15) is 0 Å². The molecule has 20 rings (SSSR count). The van der Waals surface area contributed by atoms with Crippen LogP contribution in [0.2, 0.25) is 5.28 Å². The third kappa shape index (κ3) is 8.42. The molecule has 0 atom stereocenters. The molecule has 0 unspecified atom stereocenters. The fraction of sp³-hybridized carbons (Fsp3) is 0.0244. The van der Waals surface area contributed by atoms with Gasteiger partial charge in [0, 0.05) is 85.5 Å². The highest BCUT2D eigenvalue weighted by atomic mass is 35.5. The van der Waals surface area contributed by atoms with Gasteiger partial charge in [-0.3, -0.25) is 4.57 Å². The van der Waals surface area contributed by atoms with Crippen LogP contribution in [-0.2, 0) is 6.42 Å². The highest BCUT2D eigenvalue weighted by Crippen LogP contribution is 2.51. The Hall–Kier alpha value is -10.7. The molecule has 19 aromatic rings. The molecule has 0 fully saturated rings. The molecule has 0 aliphatic heterocycles. The van der Waals surface area contributed by atoms with Crippen LogP contribution in [0.4, 0.5) is 0 Å². The molecule has 0 bridgehead atoms. The first-order chi connectivity index (χ1) is 44.1. The van der Waals surface area contributed by atoms with Crippen LogP contribution in [-0.4, -0.2) is 24.5 Å². The molecule has 5 aromatic heterocycles. The second-order valence-corrected chi connectivity index (χ2v) is 25.2. The number of benzene rings is 14. The van der Waals surface area contributed by atoms with Crippen molar-refractivity contribution in [3.8, 4) is 39.6 Å². The third-order valence-corrected chi connectivity index (χ3v) is 20.5. The van der Waals surface area contributed by atoms with E-state index in [1.165, 1.54) is 106 Å². The maximum atomic E-state index is 6.15. The maximum Gasteiger partial charge on any atom is 0.235 e. The molecule has 0 N–H and O–H groups in total. The summed E-state index contributed by atoms with van der Waals surface area (Å²) in [4.78, 5) is 19.7. The maximum absolute atomic E-state index is 6.15. The molecule has 14 aromatic carbocycles. The van der Waals surface area contributed by atoms with Crippen molar-refractivity contribution < 1.29 is 0 Å². The second-order valence-electron chi connectivity index (χ2n) is 22.8. The van der Waals surface area contributed by atoms with Gasteiger partial charge in [0.1, 0.15) is 0 Å². The number of para-hydroxylation sites is 1. The van der Waals surface area contributed by atoms with Gasteiger partial charge < -0.3 is 0 Å². The summed E-state index contributed by atoms with van der Waals surface area (Å²) in [6.45, 7) is 0. The number of hydrogen-bond donors (Lipinski definition) is 0. The van der Waals surface area contributed by atoms with Gasteiger partial charge in [-0.2, -0.15) is 0 Å². The summed E-state index contributed by atoms with van der Waals surface area (Å²) >= 11 is 9.96. The summed E-state index contributed by atoms with van der Waals surface area (Å²) in [7, 11) is 0. The molecule has 90 heavy (non-hydrogen) atoms. The molecule has 0 saturated heterocycles. The van der Waals surface area contributed by atoms with Gasteiger partial charge in [0.15, 0.2) is 0 Å². The van der Waals surface area contributed by atoms with Crippen molar-refractivity contribution in [2.24, 2.45) is 0 Å². The normalized spacial score (nSPS) is 11.9. The highest BCUT2D eigenvalue weighted by Gasteiger charge is 2.27. The molecule has 0 radical (unpaired) electrons. The standard InChI is InChI=1S/C40H23N3S.C23H14S.C18H11ClN2.CH4/c1-2-13-25(14-3-1)36-31-23-22-24-12-4-5-15-26(24)37(31)42-40(41-36)43-32-20-10-8-18-29(32)34-27-16-6-7-17-28(27)35-30-19-9-11-21-33(30)44-39(35)38(34)43;1-2-8-15-14(7-1)13-19-21(15)16-9-3-4-10-17(16)22-18-11-5-6-12-20(18)24-23(19)22;19-18-20-16(13-7-2-1-3-8-13)15-11-10-12-6-4-5-9-14(12)17(15)21-18;/h1-23H;1-12H,13H2;1-11H;1H4. The van der Waals surface area contributed by atoms with Gasteiger partial charge in [0.2, 0.25) is 11.2 Å². The van der Waals surface area contributed by atoms with Crippen molar-refractivity contribution in [2.45, 2.75) is 13.8 Å². The minimum Gasteiger partial charge on any atom is -0.276 e. The summed E-state index contributed by atoms with van der Waals surface area (Å²) in [6, 6.07) is 98.8. The van der Waals surface area contributed by atoms with Crippen LogP contribution in [0.1, 0.15) is 18.6 Å². The summed E-state index contributed by atoms with van der Waals surface area (Å²) < 4.78 is 7.73. The van der Waals surface area contributed by atoms with Gasteiger partial charge in [0.05, 0.1) is 38.2 Å². The molecule has 1 aliphatic carbocycles. The Labute approximate surface area is 531 Å². The average molecular weight is 1210 g/mol. The molecule has 8 heteroatoms. The summed E-state index contributed by atoms with van der Waals surface area (Å²) in [5, 5.41) is 20.1. The molecule has 1 aliphatic rings. The van der Waals surface area contributed by atoms with Crippen LogP contribution in [0.3, 0.4) is 0 Å². The summed E-state index contributed by atoms with van der Waals surface area (Å²) in [6.07, 6.45) is 1.06. The SMILES string of the molecule is C.Clc1nc(-c2ccccc2)c2ccc3ccccc3c2n1.c1ccc(-c2nc(-n3c4ccccc4c4c5ccccc5c5c6ccccc6sc5c43)nc3c2ccc2ccccc23)cc1.c1ccc2c(c1)Cc1c-2c2ccccc2c2c1sc1ccccc12. The Bertz CT molecular complexity index is 6110. The fourth-order valence-corrected chi connectivity index (χ4v) is 16.8. The lowest BCUT2D eigenvalue weighted by Gasteiger charge is -2.14. The minimum absolute atomic E-state index is 0. The fourth-order valence-electron chi connectivity index (χ4n) is 14.1. The summed E-state index contributed by atoms with van der Waals surface area (Å²) in [5.41, 5.74) is 13.9. The van der Waals surface area contributed by atoms with Crippen LogP contribution in [0.25, 0.3) is 167 Å². The Kier molecular flexibility index (Phi) is 12.8. The molecule has 424 valence electrons. The van der Waals surface area contributed by atoms with E-state index in [0.29, 0.717) is 5.95 Å². The van der Waals surface area contributed by atoms with Crippen molar-refractivity contribution in [2.75, 3.05) is 0 Å². The van der Waals surface area contributed by atoms with E-state index < -0.39 is 0 Å². The Balaban J connectivity index is 0.000000114. The number of hydrogen-bond acceptors (Lipinski definition) is 6. The first-order valence-corrected chi connectivity index (χ1v) is 31.9. The number of thiophene rings is 2. The number of halogens is 1. The van der Waals surface area contributed by atoms with E-state index in [0.717, 1.165) is 72.4 Å².